The van der Waals surface area contributed by atoms with Crippen LogP contribution in [0.4, 0.5) is 0 Å². The molecular formula is C63H102O6. The second-order valence-electron chi connectivity index (χ2n) is 18.1. The van der Waals surface area contributed by atoms with Gasteiger partial charge < -0.3 is 14.2 Å². The number of unbranched alkanes of at least 4 members (excludes halogenated alkanes) is 20. The van der Waals surface area contributed by atoms with Crippen LogP contribution in [-0.2, 0) is 28.6 Å². The lowest BCUT2D eigenvalue weighted by Gasteiger charge is -2.18. The SMILES string of the molecule is CC/C=C/C=C/C=C/CCCCCCCC(=O)OCC(COC(=O)CC/C=C/C/C=C/C/C=C/C/C=C/C/C=C/C/C=C/CC)OC(=O)CCCCCCCCC/C=C/CCCCCCCCCC. The molecule has 0 amide bonds. The molecule has 0 saturated carbocycles. The van der Waals surface area contributed by atoms with Gasteiger partial charge in [0.25, 0.3) is 0 Å². The van der Waals surface area contributed by atoms with E-state index in [2.05, 4.69) is 136 Å². The molecule has 0 N–H and O–H groups in total. The molecule has 0 bridgehead atoms. The van der Waals surface area contributed by atoms with Gasteiger partial charge in [-0.1, -0.05) is 239 Å². The Hall–Kier alpha value is -4.19. The number of esters is 3. The van der Waals surface area contributed by atoms with Crippen molar-refractivity contribution in [1.29, 1.82) is 0 Å². The summed E-state index contributed by atoms with van der Waals surface area (Å²) >= 11 is 0. The quantitative estimate of drug-likeness (QED) is 0.0199. The highest BCUT2D eigenvalue weighted by Crippen LogP contribution is 2.14. The van der Waals surface area contributed by atoms with Crippen molar-refractivity contribution in [2.24, 2.45) is 0 Å². The Balaban J connectivity index is 4.52. The number of hydrogen-bond donors (Lipinski definition) is 0. The van der Waals surface area contributed by atoms with Gasteiger partial charge in [0.1, 0.15) is 13.2 Å². The van der Waals surface area contributed by atoms with Crippen LogP contribution < -0.4 is 0 Å². The van der Waals surface area contributed by atoms with Gasteiger partial charge in [-0.25, -0.2) is 0 Å². The first-order valence-corrected chi connectivity index (χ1v) is 28.1. The third-order valence-corrected chi connectivity index (χ3v) is 11.5. The summed E-state index contributed by atoms with van der Waals surface area (Å²) < 4.78 is 16.8. The Morgan fingerprint density at radius 3 is 1.13 bits per heavy atom. The first-order chi connectivity index (χ1) is 34.0. The molecule has 0 aromatic rings. The fraction of sp³-hybridized carbons (Fsp3) is 0.635. The highest BCUT2D eigenvalue weighted by molar-refractivity contribution is 5.71. The largest absolute Gasteiger partial charge is 0.462 e. The molecule has 0 rings (SSSR count). The number of carbonyl (C=O) groups is 3. The Kier molecular flexibility index (Phi) is 53.0. The van der Waals surface area contributed by atoms with Crippen molar-refractivity contribution >= 4 is 17.9 Å². The van der Waals surface area contributed by atoms with E-state index in [9.17, 15) is 14.4 Å². The maximum absolute atomic E-state index is 12.9. The van der Waals surface area contributed by atoms with E-state index in [4.69, 9.17) is 14.2 Å². The molecule has 6 heteroatoms. The minimum Gasteiger partial charge on any atom is -0.462 e. The molecule has 0 aromatic heterocycles. The summed E-state index contributed by atoms with van der Waals surface area (Å²) in [5.41, 5.74) is 0. The molecule has 69 heavy (non-hydrogen) atoms. The number of ether oxygens (including phenoxy) is 3. The summed E-state index contributed by atoms with van der Waals surface area (Å²) in [5.74, 6) is -1.03. The third kappa shape index (κ3) is 54.6. The first kappa shape index (κ1) is 64.8. The van der Waals surface area contributed by atoms with E-state index in [1.165, 1.54) is 89.9 Å². The van der Waals surface area contributed by atoms with Crippen molar-refractivity contribution in [3.05, 3.63) is 122 Å². The molecule has 6 nitrogen and oxygen atoms in total. The van der Waals surface area contributed by atoms with Gasteiger partial charge in [-0.3, -0.25) is 14.4 Å². The lowest BCUT2D eigenvalue weighted by Crippen LogP contribution is -2.30. The lowest BCUT2D eigenvalue weighted by atomic mass is 10.1. The minimum atomic E-state index is -0.823. The molecule has 0 aliphatic rings. The molecule has 0 radical (unpaired) electrons. The summed E-state index contributed by atoms with van der Waals surface area (Å²) in [6, 6.07) is 0. The summed E-state index contributed by atoms with van der Waals surface area (Å²) in [6.45, 7) is 6.30. The van der Waals surface area contributed by atoms with Crippen molar-refractivity contribution in [1.82, 2.24) is 0 Å². The summed E-state index contributed by atoms with van der Waals surface area (Å²) in [7, 11) is 0. The van der Waals surface area contributed by atoms with E-state index in [-0.39, 0.29) is 37.5 Å². The van der Waals surface area contributed by atoms with Crippen molar-refractivity contribution in [2.75, 3.05) is 13.2 Å². The number of rotatable bonds is 49. The average Bonchev–Trinajstić information content (AvgIpc) is 3.35. The summed E-state index contributed by atoms with van der Waals surface area (Å²) in [6.07, 6.45) is 77.7. The Morgan fingerprint density at radius 2 is 0.667 bits per heavy atom. The van der Waals surface area contributed by atoms with E-state index in [1.807, 2.05) is 6.08 Å². The van der Waals surface area contributed by atoms with Crippen LogP contribution >= 0.6 is 0 Å². The maximum atomic E-state index is 12.9. The van der Waals surface area contributed by atoms with Gasteiger partial charge in [-0.05, 0) is 103 Å². The maximum Gasteiger partial charge on any atom is 0.306 e. The Morgan fingerprint density at radius 1 is 0.319 bits per heavy atom. The summed E-state index contributed by atoms with van der Waals surface area (Å²) in [5, 5.41) is 0. The molecule has 0 aromatic carbocycles. The predicted octanol–water partition coefficient (Wildman–Crippen LogP) is 18.9. The fourth-order valence-electron chi connectivity index (χ4n) is 7.34. The highest BCUT2D eigenvalue weighted by atomic mass is 16.6. The van der Waals surface area contributed by atoms with Crippen LogP contribution in [0.15, 0.2) is 122 Å². The van der Waals surface area contributed by atoms with Crippen molar-refractivity contribution in [3.8, 4) is 0 Å². The van der Waals surface area contributed by atoms with E-state index >= 15 is 0 Å². The molecule has 1 atom stereocenters. The standard InChI is InChI=1S/C63H102O6/c1-4-7-10-13-16-19-22-25-27-29-31-33-35-38-41-44-47-50-53-56-62(65)68-59-60(58-67-61(64)55-52-49-46-43-40-37-24-21-18-15-12-9-6-3)69-63(66)57-54-51-48-45-42-39-36-34-32-30-28-26-23-20-17-14-11-8-5-2/h7,9-10,12,15-16,18-19,21,24-25,27,30-33,38,41,47,50,60H,4-6,8,11,13-14,17,20,22-23,26,28-29,34-37,39-40,42-46,48-49,51-59H2,1-3H3/b10-7+,12-9+,18-15+,19-16+,24-21+,27-25+,32-30+,33-31+,41-38+,50-47+. The zero-order chi connectivity index (χ0) is 50.0. The lowest BCUT2D eigenvalue weighted by molar-refractivity contribution is -0.166. The van der Waals surface area contributed by atoms with E-state index < -0.39 is 6.10 Å². The minimum absolute atomic E-state index is 0.117. The highest BCUT2D eigenvalue weighted by Gasteiger charge is 2.19. The van der Waals surface area contributed by atoms with Crippen LogP contribution in [0.1, 0.15) is 239 Å². The van der Waals surface area contributed by atoms with Crippen molar-refractivity contribution in [2.45, 2.75) is 245 Å². The molecule has 0 aliphatic heterocycles. The fourth-order valence-corrected chi connectivity index (χ4v) is 7.34. The molecule has 1 unspecified atom stereocenters. The van der Waals surface area contributed by atoms with Crippen LogP contribution in [0.25, 0.3) is 0 Å². The third-order valence-electron chi connectivity index (χ3n) is 11.5. The monoisotopic (exact) mass is 955 g/mol. The molecular weight excluding hydrogens is 853 g/mol. The molecule has 0 aliphatic carbocycles. The molecule has 0 saturated heterocycles. The topological polar surface area (TPSA) is 78.9 Å². The number of allylic oxidation sites excluding steroid dienone is 20. The zero-order valence-corrected chi connectivity index (χ0v) is 44.5. The second-order valence-corrected chi connectivity index (χ2v) is 18.1. The smallest absolute Gasteiger partial charge is 0.306 e. The predicted molar refractivity (Wildman–Crippen MR) is 297 cm³/mol. The molecule has 0 spiro atoms. The van der Waals surface area contributed by atoms with Gasteiger partial charge in [-0.2, -0.15) is 0 Å². The molecule has 390 valence electrons. The number of hydrogen-bond acceptors (Lipinski definition) is 6. The van der Waals surface area contributed by atoms with Crippen molar-refractivity contribution in [3.63, 3.8) is 0 Å². The Bertz CT molecular complexity index is 1470. The van der Waals surface area contributed by atoms with Gasteiger partial charge in [0.05, 0.1) is 0 Å². The summed E-state index contributed by atoms with van der Waals surface area (Å²) in [4.78, 5) is 38.1. The van der Waals surface area contributed by atoms with Crippen LogP contribution in [0.5, 0.6) is 0 Å². The van der Waals surface area contributed by atoms with Gasteiger partial charge in [0.15, 0.2) is 6.10 Å². The normalized spacial score (nSPS) is 13.0. The van der Waals surface area contributed by atoms with Crippen LogP contribution in [0.3, 0.4) is 0 Å². The average molecular weight is 956 g/mol. The zero-order valence-electron chi connectivity index (χ0n) is 44.5. The van der Waals surface area contributed by atoms with E-state index in [0.29, 0.717) is 19.3 Å². The second kappa shape index (κ2) is 56.4. The van der Waals surface area contributed by atoms with Gasteiger partial charge in [0.2, 0.25) is 0 Å². The van der Waals surface area contributed by atoms with E-state index in [1.54, 1.807) is 0 Å². The molecule has 0 heterocycles. The van der Waals surface area contributed by atoms with Crippen LogP contribution in [-0.4, -0.2) is 37.2 Å². The van der Waals surface area contributed by atoms with Crippen LogP contribution in [0.2, 0.25) is 0 Å². The van der Waals surface area contributed by atoms with Crippen LogP contribution in [0, 0.1) is 0 Å². The first-order valence-electron chi connectivity index (χ1n) is 28.1. The molecule has 0 fully saturated rings. The number of carbonyl (C=O) groups excluding carboxylic acids is 3. The van der Waals surface area contributed by atoms with Crippen molar-refractivity contribution < 1.29 is 28.6 Å². The van der Waals surface area contributed by atoms with Gasteiger partial charge in [-0.15, -0.1) is 0 Å². The Labute approximate surface area is 424 Å². The van der Waals surface area contributed by atoms with Gasteiger partial charge in [0, 0.05) is 19.3 Å². The van der Waals surface area contributed by atoms with E-state index in [0.717, 1.165) is 103 Å². The van der Waals surface area contributed by atoms with Gasteiger partial charge >= 0.3 is 17.9 Å².